The molecule has 2 heterocycles. The number of likely N-dealkylation sites (tertiary alicyclic amines) is 1. The predicted molar refractivity (Wildman–Crippen MR) is 122 cm³/mol. The normalized spacial score (nSPS) is 14.7. The average molecular weight is 603 g/mol. The molecule has 1 aliphatic heterocycles. The first-order chi connectivity index (χ1) is 15.2. The van der Waals surface area contributed by atoms with Gasteiger partial charge in [0.2, 0.25) is 5.91 Å². The molecule has 0 saturated carbocycles. The Balaban J connectivity index is 0.00000289. The van der Waals surface area contributed by atoms with Crippen LogP contribution in [0.2, 0.25) is 0 Å². The third-order valence-corrected chi connectivity index (χ3v) is 6.04. The number of rotatable bonds is 8. The van der Waals surface area contributed by atoms with Crippen LogP contribution in [0.5, 0.6) is 0 Å². The second-order valence-electron chi connectivity index (χ2n) is 8.14. The number of carbonyl (C=O) groups excluding carboxylic acids is 1. The van der Waals surface area contributed by atoms with Crippen molar-refractivity contribution in [1.82, 2.24) is 19.9 Å². The molecule has 0 atom stereocenters. The van der Waals surface area contributed by atoms with Crippen molar-refractivity contribution in [3.8, 4) is 0 Å². The number of hydrogen-bond acceptors (Lipinski definition) is 4. The van der Waals surface area contributed by atoms with Gasteiger partial charge in [-0.2, -0.15) is 0 Å². The van der Waals surface area contributed by atoms with Crippen molar-refractivity contribution in [2.45, 2.75) is 45.2 Å². The maximum atomic E-state index is 12.6. The minimum absolute atomic E-state index is 0. The van der Waals surface area contributed by atoms with Gasteiger partial charge in [0.25, 0.3) is 0 Å². The molecule has 1 aliphatic rings. The Morgan fingerprint density at radius 2 is 1.75 bits per heavy atom. The summed E-state index contributed by atoms with van der Waals surface area (Å²) in [6, 6.07) is 19.1. The van der Waals surface area contributed by atoms with Crippen LogP contribution in [0.1, 0.15) is 37.3 Å². The summed E-state index contributed by atoms with van der Waals surface area (Å²) in [4.78, 5) is 17.2. The summed E-state index contributed by atoms with van der Waals surface area (Å²) in [6.45, 7) is 5.79. The number of nitrogens with zero attached hydrogens (tertiary/aromatic N) is 5. The minimum atomic E-state index is 0. The van der Waals surface area contributed by atoms with Gasteiger partial charge in [-0.3, -0.25) is 9.48 Å². The molecule has 4 rings (SSSR count). The second-order valence-corrected chi connectivity index (χ2v) is 8.14. The van der Waals surface area contributed by atoms with Crippen molar-refractivity contribution in [3.05, 3.63) is 78.1 Å². The summed E-state index contributed by atoms with van der Waals surface area (Å²) in [5.41, 5.74) is 3.59. The zero-order valence-corrected chi connectivity index (χ0v) is 21.2. The van der Waals surface area contributed by atoms with E-state index in [9.17, 15) is 4.79 Å². The Morgan fingerprint density at radius 1 is 1.06 bits per heavy atom. The van der Waals surface area contributed by atoms with E-state index in [0.717, 1.165) is 51.1 Å². The molecule has 6 nitrogen and oxygen atoms in total. The molecule has 2 aromatic carbocycles. The van der Waals surface area contributed by atoms with Crippen LogP contribution in [0.15, 0.2) is 60.8 Å². The first kappa shape index (κ1) is 24.3. The van der Waals surface area contributed by atoms with Crippen LogP contribution in [0, 0.1) is 6.20 Å². The fourth-order valence-corrected chi connectivity index (χ4v) is 4.28. The molecule has 7 heteroatoms. The van der Waals surface area contributed by atoms with Crippen LogP contribution < -0.4 is 4.90 Å². The molecule has 3 aromatic rings. The fourth-order valence-electron chi connectivity index (χ4n) is 4.28. The van der Waals surface area contributed by atoms with E-state index in [1.54, 1.807) is 10.9 Å². The Hall–Kier alpha value is -2.33. The van der Waals surface area contributed by atoms with Gasteiger partial charge in [-0.1, -0.05) is 49.4 Å². The first-order valence-corrected chi connectivity index (χ1v) is 11.2. The molecule has 1 fully saturated rings. The SMILES string of the molecule is CCC(=O)N(c1ccccc1)C1CCN(CCc2ccc(Cn3c[c-]nn3)cc2)CC1.[Re]. The predicted octanol–water partition coefficient (Wildman–Crippen LogP) is 3.57. The van der Waals surface area contributed by atoms with E-state index in [1.165, 1.54) is 11.1 Å². The first-order valence-electron chi connectivity index (χ1n) is 11.2. The number of amides is 1. The van der Waals surface area contributed by atoms with Crippen LogP contribution in [0.3, 0.4) is 0 Å². The molecule has 0 unspecified atom stereocenters. The van der Waals surface area contributed by atoms with E-state index in [1.807, 2.05) is 42.2 Å². The van der Waals surface area contributed by atoms with Gasteiger partial charge in [0, 0.05) is 58.2 Å². The topological polar surface area (TPSA) is 54.3 Å². The van der Waals surface area contributed by atoms with Crippen LogP contribution in [0.25, 0.3) is 0 Å². The maximum absolute atomic E-state index is 12.6. The quantitative estimate of drug-likeness (QED) is 0.370. The van der Waals surface area contributed by atoms with Gasteiger partial charge < -0.3 is 21.1 Å². The van der Waals surface area contributed by atoms with Crippen molar-refractivity contribution in [2.24, 2.45) is 0 Å². The number of piperidine rings is 1. The number of para-hydroxylation sites is 1. The van der Waals surface area contributed by atoms with Crippen molar-refractivity contribution in [3.63, 3.8) is 0 Å². The standard InChI is InChI=1S/C25H30N5O.Re/c1-2-25(31)30(23-6-4-3-5-7-23)24-13-17-28(18-14-24)16-12-21-8-10-22(11-9-21)20-29-19-15-26-27-29;/h3-11,19,24H,2,12-14,16-18,20H2,1H3;/q-1;. The van der Waals surface area contributed by atoms with Gasteiger partial charge in [-0.05, 0) is 42.5 Å². The molecule has 1 aromatic heterocycles. The second kappa shape index (κ2) is 12.1. The zero-order chi connectivity index (χ0) is 21.5. The molecule has 0 aliphatic carbocycles. The summed E-state index contributed by atoms with van der Waals surface area (Å²) in [5, 5.41) is 7.69. The van der Waals surface area contributed by atoms with Crippen LogP contribution in [0.4, 0.5) is 5.69 Å². The monoisotopic (exact) mass is 603 g/mol. The number of carbonyl (C=O) groups is 1. The summed E-state index contributed by atoms with van der Waals surface area (Å²) >= 11 is 0. The smallest absolute Gasteiger partial charge is 0.226 e. The number of aromatic nitrogens is 3. The molecule has 1 radical (unpaired) electrons. The summed E-state index contributed by atoms with van der Waals surface area (Å²) in [5.74, 6) is 0.216. The Labute approximate surface area is 204 Å². The minimum Gasteiger partial charge on any atom is -0.352 e. The zero-order valence-electron chi connectivity index (χ0n) is 18.5. The largest absolute Gasteiger partial charge is 0.352 e. The third kappa shape index (κ3) is 6.35. The molecule has 1 amide bonds. The van der Waals surface area contributed by atoms with Crippen molar-refractivity contribution in [2.75, 3.05) is 24.5 Å². The van der Waals surface area contributed by atoms with Crippen LogP contribution in [-0.4, -0.2) is 51.5 Å². The number of anilines is 1. The summed E-state index contributed by atoms with van der Waals surface area (Å²) in [7, 11) is 0. The molecule has 169 valence electrons. The Bertz CT molecular complexity index is 938. The third-order valence-electron chi connectivity index (χ3n) is 6.04. The maximum Gasteiger partial charge on any atom is 0.226 e. The van der Waals surface area contributed by atoms with E-state index < -0.39 is 0 Å². The van der Waals surface area contributed by atoms with Crippen molar-refractivity contribution in [1.29, 1.82) is 0 Å². The van der Waals surface area contributed by atoms with E-state index in [0.29, 0.717) is 12.5 Å². The molecular formula is C25H30N5ORe-. The van der Waals surface area contributed by atoms with Crippen LogP contribution >= 0.6 is 0 Å². The van der Waals surface area contributed by atoms with E-state index >= 15 is 0 Å². The molecule has 0 N–H and O–H groups in total. The van der Waals surface area contributed by atoms with Gasteiger partial charge in [-0.15, -0.1) is 11.4 Å². The Morgan fingerprint density at radius 3 is 2.38 bits per heavy atom. The molecular weight excluding hydrogens is 573 g/mol. The summed E-state index contributed by atoms with van der Waals surface area (Å²) < 4.78 is 1.78. The number of benzene rings is 2. The van der Waals surface area contributed by atoms with E-state index in [4.69, 9.17) is 0 Å². The molecule has 32 heavy (non-hydrogen) atoms. The van der Waals surface area contributed by atoms with Crippen molar-refractivity contribution < 1.29 is 25.2 Å². The summed E-state index contributed by atoms with van der Waals surface area (Å²) in [6.07, 6.45) is 8.10. The van der Waals surface area contributed by atoms with Gasteiger partial charge in [0.15, 0.2) is 0 Å². The fraction of sp³-hybridized carbons (Fsp3) is 0.400. The van der Waals surface area contributed by atoms with Crippen molar-refractivity contribution >= 4 is 11.6 Å². The van der Waals surface area contributed by atoms with E-state index in [-0.39, 0.29) is 26.3 Å². The number of hydrogen-bond donors (Lipinski definition) is 0. The van der Waals surface area contributed by atoms with Gasteiger partial charge in [0.1, 0.15) is 0 Å². The molecule has 1 saturated heterocycles. The van der Waals surface area contributed by atoms with Gasteiger partial charge in [-0.25, -0.2) is 0 Å². The van der Waals surface area contributed by atoms with Gasteiger partial charge in [0.05, 0.1) is 6.54 Å². The molecule has 0 bridgehead atoms. The Kier molecular flexibility index (Phi) is 9.16. The average Bonchev–Trinajstić information content (AvgIpc) is 3.33. The molecule has 0 spiro atoms. The van der Waals surface area contributed by atoms with Crippen LogP contribution in [-0.2, 0) is 38.2 Å². The van der Waals surface area contributed by atoms with Gasteiger partial charge >= 0.3 is 0 Å². The van der Waals surface area contributed by atoms with E-state index in [2.05, 4.69) is 45.7 Å².